The van der Waals surface area contributed by atoms with E-state index < -0.39 is 0 Å². The molecule has 0 radical (unpaired) electrons. The summed E-state index contributed by atoms with van der Waals surface area (Å²) in [5.41, 5.74) is 9.98. The average molecular weight is 333 g/mol. The maximum Gasteiger partial charge on any atom is 0.146 e. The lowest BCUT2D eigenvalue weighted by Gasteiger charge is -2.21. The van der Waals surface area contributed by atoms with E-state index in [-0.39, 0.29) is 11.7 Å². The smallest absolute Gasteiger partial charge is 0.146 e. The molecule has 0 aliphatic heterocycles. The minimum Gasteiger partial charge on any atom is -0.402 e. The average Bonchev–Trinajstić information content (AvgIpc) is 2.53. The van der Waals surface area contributed by atoms with E-state index in [1.807, 2.05) is 13.8 Å². The van der Waals surface area contributed by atoms with Crippen LogP contribution in [0, 0.1) is 17.7 Å². The second kappa shape index (κ2) is 9.38. The van der Waals surface area contributed by atoms with Crippen molar-refractivity contribution in [3.05, 3.63) is 52.5 Å². The van der Waals surface area contributed by atoms with Gasteiger partial charge >= 0.3 is 0 Å². The zero-order valence-corrected chi connectivity index (χ0v) is 15.2. The number of hydrogen-bond donors (Lipinski definition) is 1. The number of carbonyl (C=O) groups is 1. The Bertz CT molecular complexity index is 613. The van der Waals surface area contributed by atoms with Gasteiger partial charge in [-0.25, -0.2) is 4.39 Å². The molecule has 0 heterocycles. The first-order chi connectivity index (χ1) is 11.3. The van der Waals surface area contributed by atoms with Crippen molar-refractivity contribution in [2.24, 2.45) is 17.6 Å². The van der Waals surface area contributed by atoms with E-state index in [1.54, 1.807) is 19.2 Å². The van der Waals surface area contributed by atoms with Crippen molar-refractivity contribution in [3.63, 3.8) is 0 Å². The number of hydrogen-bond acceptors (Lipinski definition) is 3. The van der Waals surface area contributed by atoms with E-state index in [9.17, 15) is 9.18 Å². The van der Waals surface area contributed by atoms with E-state index in [4.69, 9.17) is 10.5 Å². The Kier molecular flexibility index (Phi) is 7.86. The molecule has 0 fully saturated rings. The number of rotatable bonds is 8. The normalized spacial score (nSPS) is 13.8. The first kappa shape index (κ1) is 20.1. The van der Waals surface area contributed by atoms with Gasteiger partial charge in [0.2, 0.25) is 0 Å². The Balaban J connectivity index is 3.68. The number of aldehydes is 1. The van der Waals surface area contributed by atoms with Crippen molar-refractivity contribution in [2.75, 3.05) is 13.7 Å². The molecule has 1 aromatic rings. The summed E-state index contributed by atoms with van der Waals surface area (Å²) in [6.45, 7) is 8.40. The summed E-state index contributed by atoms with van der Waals surface area (Å²) in [4.78, 5) is 11.8. The molecule has 0 bridgehead atoms. The number of carbonyl (C=O) groups excluding carboxylic acids is 1. The van der Waals surface area contributed by atoms with Crippen molar-refractivity contribution >= 4 is 11.9 Å². The third kappa shape index (κ3) is 5.31. The van der Waals surface area contributed by atoms with E-state index in [0.29, 0.717) is 30.2 Å². The summed E-state index contributed by atoms with van der Waals surface area (Å²) < 4.78 is 18.7. The SMILES string of the molecule is COCC(/C(=C(/C=O)CC(C)C)c1ccc(F)cc1)=C(/N)C(C)C. The standard InChI is InChI=1S/C20H28FNO2/c1-13(2)10-16(11-23)19(15-6-8-17(21)9-7-15)18(12-24-5)20(22)14(3)4/h6-9,11,13-14H,10,12,22H2,1-5H3/b19-16+,20-18-. The van der Waals surface area contributed by atoms with E-state index in [1.165, 1.54) is 12.1 Å². The Morgan fingerprint density at radius 3 is 2.21 bits per heavy atom. The van der Waals surface area contributed by atoms with Gasteiger partial charge in [-0.15, -0.1) is 0 Å². The minimum atomic E-state index is -0.316. The molecule has 0 aromatic heterocycles. The van der Waals surface area contributed by atoms with Crippen LogP contribution in [0.3, 0.4) is 0 Å². The van der Waals surface area contributed by atoms with E-state index >= 15 is 0 Å². The fourth-order valence-electron chi connectivity index (χ4n) is 2.61. The van der Waals surface area contributed by atoms with Crippen LogP contribution < -0.4 is 5.73 Å². The molecule has 0 spiro atoms. The van der Waals surface area contributed by atoms with Gasteiger partial charge in [-0.05, 0) is 41.5 Å². The molecule has 0 unspecified atom stereocenters. The Labute approximate surface area is 144 Å². The Morgan fingerprint density at radius 2 is 1.79 bits per heavy atom. The third-order valence-electron chi connectivity index (χ3n) is 3.79. The van der Waals surface area contributed by atoms with Gasteiger partial charge in [0.05, 0.1) is 6.61 Å². The fraction of sp³-hybridized carbons (Fsp3) is 0.450. The van der Waals surface area contributed by atoms with Gasteiger partial charge in [0, 0.05) is 24.0 Å². The number of methoxy groups -OCH3 is 1. The first-order valence-electron chi connectivity index (χ1n) is 8.23. The molecule has 24 heavy (non-hydrogen) atoms. The summed E-state index contributed by atoms with van der Waals surface area (Å²) in [5, 5.41) is 0. The summed E-state index contributed by atoms with van der Waals surface area (Å²) in [6, 6.07) is 6.14. The quantitative estimate of drug-likeness (QED) is 0.437. The van der Waals surface area contributed by atoms with Crippen molar-refractivity contribution in [3.8, 4) is 0 Å². The molecule has 0 aliphatic rings. The highest BCUT2D eigenvalue weighted by atomic mass is 19.1. The van der Waals surface area contributed by atoms with Gasteiger partial charge in [0.1, 0.15) is 12.1 Å². The zero-order valence-electron chi connectivity index (χ0n) is 15.2. The maximum atomic E-state index is 13.3. The number of ether oxygens (including phenoxy) is 1. The van der Waals surface area contributed by atoms with Crippen molar-refractivity contribution in [2.45, 2.75) is 34.1 Å². The lowest BCUT2D eigenvalue weighted by Crippen LogP contribution is -2.15. The highest BCUT2D eigenvalue weighted by molar-refractivity contribution is 5.95. The number of nitrogens with two attached hydrogens (primary N) is 1. The third-order valence-corrected chi connectivity index (χ3v) is 3.79. The number of benzene rings is 1. The lowest BCUT2D eigenvalue weighted by molar-refractivity contribution is -0.105. The van der Waals surface area contributed by atoms with Crippen molar-refractivity contribution < 1.29 is 13.9 Å². The molecule has 1 rings (SSSR count). The molecule has 0 saturated carbocycles. The molecule has 0 aliphatic carbocycles. The second-order valence-electron chi connectivity index (χ2n) is 6.64. The summed E-state index contributed by atoms with van der Waals surface area (Å²) >= 11 is 0. The van der Waals surface area contributed by atoms with E-state index in [0.717, 1.165) is 23.0 Å². The van der Waals surface area contributed by atoms with Crippen LogP contribution in [-0.2, 0) is 9.53 Å². The van der Waals surface area contributed by atoms with Crippen LogP contribution in [0.25, 0.3) is 5.57 Å². The maximum absolute atomic E-state index is 13.3. The molecule has 0 amide bonds. The second-order valence-corrected chi connectivity index (χ2v) is 6.64. The lowest BCUT2D eigenvalue weighted by atomic mass is 9.87. The molecule has 2 N–H and O–H groups in total. The van der Waals surface area contributed by atoms with Crippen LogP contribution in [0.5, 0.6) is 0 Å². The molecule has 0 saturated heterocycles. The summed E-state index contributed by atoms with van der Waals surface area (Å²) in [5.74, 6) is 0.103. The molecule has 4 heteroatoms. The predicted octanol–water partition coefficient (Wildman–Crippen LogP) is 4.34. The topological polar surface area (TPSA) is 52.3 Å². The minimum absolute atomic E-state index is 0.109. The first-order valence-corrected chi connectivity index (χ1v) is 8.23. The van der Waals surface area contributed by atoms with Crippen LogP contribution in [0.15, 0.2) is 41.1 Å². The van der Waals surface area contributed by atoms with Gasteiger partial charge in [-0.3, -0.25) is 4.79 Å². The van der Waals surface area contributed by atoms with Crippen molar-refractivity contribution in [1.82, 2.24) is 0 Å². The van der Waals surface area contributed by atoms with Crippen molar-refractivity contribution in [1.29, 1.82) is 0 Å². The number of halogens is 1. The molecule has 1 aromatic carbocycles. The summed E-state index contributed by atoms with van der Waals surface area (Å²) in [6.07, 6.45) is 1.50. The van der Waals surface area contributed by atoms with Gasteiger partial charge in [-0.1, -0.05) is 39.8 Å². The van der Waals surface area contributed by atoms with Crippen LogP contribution >= 0.6 is 0 Å². The monoisotopic (exact) mass is 333 g/mol. The zero-order chi connectivity index (χ0) is 18.3. The molecular weight excluding hydrogens is 305 g/mol. The van der Waals surface area contributed by atoms with E-state index in [2.05, 4.69) is 13.8 Å². The van der Waals surface area contributed by atoms with Gasteiger partial charge in [0.15, 0.2) is 0 Å². The van der Waals surface area contributed by atoms with Crippen LogP contribution in [-0.4, -0.2) is 20.0 Å². The highest BCUT2D eigenvalue weighted by Crippen LogP contribution is 2.32. The fourth-order valence-corrected chi connectivity index (χ4v) is 2.61. The highest BCUT2D eigenvalue weighted by Gasteiger charge is 2.19. The van der Waals surface area contributed by atoms with Gasteiger partial charge < -0.3 is 10.5 Å². The molecule has 132 valence electrons. The summed E-state index contributed by atoms with van der Waals surface area (Å²) in [7, 11) is 1.60. The van der Waals surface area contributed by atoms with Crippen LogP contribution in [0.4, 0.5) is 4.39 Å². The Hall–Kier alpha value is -1.94. The Morgan fingerprint density at radius 1 is 1.21 bits per heavy atom. The van der Waals surface area contributed by atoms with Gasteiger partial charge in [-0.2, -0.15) is 0 Å². The predicted molar refractivity (Wildman–Crippen MR) is 96.8 cm³/mol. The van der Waals surface area contributed by atoms with Crippen LogP contribution in [0.2, 0.25) is 0 Å². The van der Waals surface area contributed by atoms with Crippen LogP contribution in [0.1, 0.15) is 39.7 Å². The molecule has 0 atom stereocenters. The molecular formula is C20H28FNO2. The number of allylic oxidation sites excluding steroid dienone is 2. The molecule has 3 nitrogen and oxygen atoms in total. The van der Waals surface area contributed by atoms with Gasteiger partial charge in [0.25, 0.3) is 0 Å². The largest absolute Gasteiger partial charge is 0.402 e.